The van der Waals surface area contributed by atoms with Gasteiger partial charge in [0, 0.05) is 24.7 Å². The number of benzene rings is 2. The van der Waals surface area contributed by atoms with Gasteiger partial charge in [0.2, 0.25) is 12.7 Å². The molecule has 0 radical (unpaired) electrons. The second-order valence-corrected chi connectivity index (χ2v) is 7.26. The molecule has 0 aromatic heterocycles. The number of rotatable bonds is 6. The van der Waals surface area contributed by atoms with Crippen molar-refractivity contribution in [2.75, 3.05) is 25.3 Å². The Bertz CT molecular complexity index is 961. The van der Waals surface area contributed by atoms with Crippen molar-refractivity contribution in [2.45, 2.75) is 19.4 Å². The second-order valence-electron chi connectivity index (χ2n) is 7.26. The molecule has 1 N–H and O–H groups in total. The molecule has 30 heavy (non-hydrogen) atoms. The van der Waals surface area contributed by atoms with Crippen LogP contribution in [0.4, 0.5) is 5.69 Å². The largest absolute Gasteiger partial charge is 0.455 e. The number of hydrogen-bond donors (Lipinski definition) is 1. The minimum Gasteiger partial charge on any atom is -0.455 e. The lowest BCUT2D eigenvalue weighted by molar-refractivity contribution is -0.151. The van der Waals surface area contributed by atoms with Crippen LogP contribution in [-0.4, -0.2) is 42.6 Å². The molecule has 2 aromatic rings. The lowest BCUT2D eigenvalue weighted by Crippen LogP contribution is -2.30. The maximum Gasteiger partial charge on any atom is 0.311 e. The fourth-order valence-electron chi connectivity index (χ4n) is 3.60. The predicted octanol–water partition coefficient (Wildman–Crippen LogP) is 2.51. The quantitative estimate of drug-likeness (QED) is 0.736. The average molecular weight is 410 g/mol. The number of anilines is 1. The number of esters is 1. The molecule has 156 valence electrons. The Labute approximate surface area is 173 Å². The highest BCUT2D eigenvalue weighted by Gasteiger charge is 2.38. The number of ether oxygens (including phenoxy) is 3. The molecule has 8 nitrogen and oxygen atoms in total. The molecule has 2 aliphatic heterocycles. The van der Waals surface area contributed by atoms with Crippen LogP contribution in [0.25, 0.3) is 0 Å². The third-order valence-corrected chi connectivity index (χ3v) is 5.24. The molecule has 0 unspecified atom stereocenters. The van der Waals surface area contributed by atoms with E-state index in [2.05, 4.69) is 5.32 Å². The highest BCUT2D eigenvalue weighted by molar-refractivity contribution is 5.94. The van der Waals surface area contributed by atoms with E-state index in [1.807, 2.05) is 37.3 Å². The summed E-state index contributed by atoms with van der Waals surface area (Å²) in [4.78, 5) is 38.6. The van der Waals surface area contributed by atoms with Gasteiger partial charge in [-0.3, -0.25) is 14.4 Å². The van der Waals surface area contributed by atoms with Gasteiger partial charge < -0.3 is 24.4 Å². The summed E-state index contributed by atoms with van der Waals surface area (Å²) < 4.78 is 15.6. The molecule has 2 heterocycles. The van der Waals surface area contributed by atoms with E-state index in [4.69, 9.17) is 14.2 Å². The van der Waals surface area contributed by atoms with Crippen LogP contribution in [0.3, 0.4) is 0 Å². The second kappa shape index (κ2) is 8.44. The topological polar surface area (TPSA) is 94.2 Å². The summed E-state index contributed by atoms with van der Waals surface area (Å²) in [6.45, 7) is 1.92. The van der Waals surface area contributed by atoms with E-state index in [1.165, 1.54) is 0 Å². The Hall–Kier alpha value is -3.55. The van der Waals surface area contributed by atoms with E-state index >= 15 is 0 Å². The van der Waals surface area contributed by atoms with E-state index in [0.717, 1.165) is 5.56 Å². The van der Waals surface area contributed by atoms with Crippen molar-refractivity contribution in [3.63, 3.8) is 0 Å². The Kier molecular flexibility index (Phi) is 5.56. The van der Waals surface area contributed by atoms with Crippen LogP contribution in [0.1, 0.15) is 24.9 Å². The van der Waals surface area contributed by atoms with Gasteiger partial charge >= 0.3 is 5.97 Å². The summed E-state index contributed by atoms with van der Waals surface area (Å²) in [5.41, 5.74) is 1.52. The fourth-order valence-corrected chi connectivity index (χ4v) is 3.60. The number of likely N-dealkylation sites (tertiary alicyclic amines) is 1. The summed E-state index contributed by atoms with van der Waals surface area (Å²) >= 11 is 0. The SMILES string of the molecule is C[C@@H](c1ccccc1)N1C[C@@H](C(=O)OCC(=O)Nc2ccc3c(c2)OCO3)CC1=O. The molecule has 4 rings (SSSR count). The van der Waals surface area contributed by atoms with Crippen molar-refractivity contribution >= 4 is 23.5 Å². The number of carbonyl (C=O) groups excluding carboxylic acids is 3. The average Bonchev–Trinajstić information content (AvgIpc) is 3.38. The third-order valence-electron chi connectivity index (χ3n) is 5.24. The Morgan fingerprint density at radius 3 is 2.73 bits per heavy atom. The normalized spacial score (nSPS) is 18.2. The number of hydrogen-bond acceptors (Lipinski definition) is 6. The van der Waals surface area contributed by atoms with Gasteiger partial charge in [0.05, 0.1) is 12.0 Å². The number of nitrogens with one attached hydrogen (secondary N) is 1. The summed E-state index contributed by atoms with van der Waals surface area (Å²) in [5.74, 6) is -0.547. The van der Waals surface area contributed by atoms with Gasteiger partial charge in [0.1, 0.15) is 0 Å². The van der Waals surface area contributed by atoms with Gasteiger partial charge in [-0.05, 0) is 24.6 Å². The van der Waals surface area contributed by atoms with Crippen LogP contribution in [0.2, 0.25) is 0 Å². The fraction of sp³-hybridized carbons (Fsp3) is 0.318. The lowest BCUT2D eigenvalue weighted by atomic mass is 10.1. The number of fused-ring (bicyclic) bond motifs is 1. The third kappa shape index (κ3) is 4.22. The molecule has 2 atom stereocenters. The molecule has 8 heteroatoms. The maximum atomic E-state index is 12.4. The molecule has 2 aromatic carbocycles. The predicted molar refractivity (Wildman–Crippen MR) is 107 cm³/mol. The first kappa shape index (κ1) is 19.8. The van der Waals surface area contributed by atoms with Crippen molar-refractivity contribution in [1.29, 1.82) is 0 Å². The number of carbonyl (C=O) groups is 3. The molecule has 0 spiro atoms. The van der Waals surface area contributed by atoms with Crippen molar-refractivity contribution in [3.05, 3.63) is 54.1 Å². The zero-order valence-electron chi connectivity index (χ0n) is 16.5. The minimum atomic E-state index is -0.581. The maximum absolute atomic E-state index is 12.4. The van der Waals surface area contributed by atoms with Crippen LogP contribution < -0.4 is 14.8 Å². The first-order valence-corrected chi connectivity index (χ1v) is 9.72. The number of nitrogens with zero attached hydrogens (tertiary/aromatic N) is 1. The molecule has 2 aliphatic rings. The molecule has 0 aliphatic carbocycles. The summed E-state index contributed by atoms with van der Waals surface area (Å²) in [6, 6.07) is 14.5. The van der Waals surface area contributed by atoms with Crippen molar-refractivity contribution < 1.29 is 28.6 Å². The lowest BCUT2D eigenvalue weighted by Gasteiger charge is -2.25. The van der Waals surface area contributed by atoms with E-state index < -0.39 is 24.4 Å². The zero-order valence-corrected chi connectivity index (χ0v) is 16.5. The summed E-state index contributed by atoms with van der Waals surface area (Å²) in [6.07, 6.45) is 0.0831. The Balaban J connectivity index is 1.28. The van der Waals surface area contributed by atoms with Gasteiger partial charge in [0.15, 0.2) is 18.1 Å². The van der Waals surface area contributed by atoms with E-state index in [-0.39, 0.29) is 31.7 Å². The van der Waals surface area contributed by atoms with Gasteiger partial charge in [-0.15, -0.1) is 0 Å². The first-order valence-electron chi connectivity index (χ1n) is 9.72. The molecule has 0 saturated carbocycles. The van der Waals surface area contributed by atoms with Gasteiger partial charge in [-0.2, -0.15) is 0 Å². The van der Waals surface area contributed by atoms with Gasteiger partial charge in [-0.25, -0.2) is 0 Å². The smallest absolute Gasteiger partial charge is 0.311 e. The molecule has 1 fully saturated rings. The zero-order chi connectivity index (χ0) is 21.1. The van der Waals surface area contributed by atoms with E-state index in [0.29, 0.717) is 17.2 Å². The Morgan fingerprint density at radius 1 is 1.17 bits per heavy atom. The van der Waals surface area contributed by atoms with Crippen LogP contribution in [0.5, 0.6) is 11.5 Å². The van der Waals surface area contributed by atoms with Crippen LogP contribution in [0, 0.1) is 5.92 Å². The van der Waals surface area contributed by atoms with Crippen LogP contribution in [0.15, 0.2) is 48.5 Å². The summed E-state index contributed by atoms with van der Waals surface area (Å²) in [5, 5.41) is 2.65. The molecule has 2 amide bonds. The summed E-state index contributed by atoms with van der Waals surface area (Å²) in [7, 11) is 0. The number of amides is 2. The van der Waals surface area contributed by atoms with E-state index in [9.17, 15) is 14.4 Å². The molecular weight excluding hydrogens is 388 g/mol. The molecule has 0 bridgehead atoms. The standard InChI is InChI=1S/C22H22N2O6/c1-14(15-5-3-2-4-6-15)24-11-16(9-21(24)26)22(27)28-12-20(25)23-17-7-8-18-19(10-17)30-13-29-18/h2-8,10,14,16H,9,11-13H2,1H3,(H,23,25)/t14-,16-/m0/s1. The van der Waals surface area contributed by atoms with Crippen molar-refractivity contribution in [3.8, 4) is 11.5 Å². The van der Waals surface area contributed by atoms with Crippen LogP contribution >= 0.6 is 0 Å². The highest BCUT2D eigenvalue weighted by atomic mass is 16.7. The van der Waals surface area contributed by atoms with Crippen molar-refractivity contribution in [1.82, 2.24) is 4.90 Å². The van der Waals surface area contributed by atoms with Gasteiger partial charge in [0.25, 0.3) is 5.91 Å². The molecule has 1 saturated heterocycles. The monoisotopic (exact) mass is 410 g/mol. The highest BCUT2D eigenvalue weighted by Crippen LogP contribution is 2.34. The molecular formula is C22H22N2O6. The van der Waals surface area contributed by atoms with Gasteiger partial charge in [-0.1, -0.05) is 30.3 Å². The minimum absolute atomic E-state index is 0.0831. The van der Waals surface area contributed by atoms with Crippen LogP contribution in [-0.2, 0) is 19.1 Å². The van der Waals surface area contributed by atoms with Crippen molar-refractivity contribution in [2.24, 2.45) is 5.92 Å². The first-order chi connectivity index (χ1) is 14.5. The Morgan fingerprint density at radius 2 is 1.93 bits per heavy atom. The van der Waals surface area contributed by atoms with E-state index in [1.54, 1.807) is 23.1 Å².